The van der Waals surface area contributed by atoms with Crippen LogP contribution in [-0.2, 0) is 4.79 Å². The largest absolute Gasteiger partial charge is 0.378 e. The van der Waals surface area contributed by atoms with Crippen LogP contribution in [0.5, 0.6) is 0 Å². The smallest absolute Gasteiger partial charge is 0.243 e. The highest BCUT2D eigenvalue weighted by Gasteiger charge is 2.05. The second kappa shape index (κ2) is 7.45. The molecule has 0 spiro atoms. The van der Waals surface area contributed by atoms with E-state index < -0.39 is 0 Å². The molecule has 2 rings (SSSR count). The van der Waals surface area contributed by atoms with E-state index in [4.69, 9.17) is 0 Å². The Balaban J connectivity index is 1.90. The molecule has 0 fully saturated rings. The molecule has 0 aliphatic rings. The van der Waals surface area contributed by atoms with Crippen molar-refractivity contribution in [3.8, 4) is 0 Å². The first-order valence-corrected chi connectivity index (χ1v) is 7.38. The molecule has 0 saturated heterocycles. The zero-order chi connectivity index (χ0) is 16.8. The lowest BCUT2D eigenvalue weighted by Crippen LogP contribution is -2.21. The summed E-state index contributed by atoms with van der Waals surface area (Å²) in [5.74, 6) is -0.192. The summed E-state index contributed by atoms with van der Waals surface area (Å²) >= 11 is 0. The van der Waals surface area contributed by atoms with Crippen molar-refractivity contribution >= 4 is 28.8 Å². The van der Waals surface area contributed by atoms with Crippen molar-refractivity contribution in [1.82, 2.24) is 0 Å². The van der Waals surface area contributed by atoms with Gasteiger partial charge in [-0.3, -0.25) is 9.59 Å². The first-order valence-electron chi connectivity index (χ1n) is 7.38. The van der Waals surface area contributed by atoms with Crippen LogP contribution in [0.2, 0.25) is 0 Å². The Hall–Kier alpha value is -2.82. The van der Waals surface area contributed by atoms with Crippen LogP contribution in [0.4, 0.5) is 17.1 Å². The molecule has 0 aliphatic heterocycles. The summed E-state index contributed by atoms with van der Waals surface area (Å²) in [4.78, 5) is 25.3. The molecule has 0 atom stereocenters. The molecule has 2 N–H and O–H groups in total. The lowest BCUT2D eigenvalue weighted by atomic mass is 10.1. The molecule has 2 aromatic carbocycles. The summed E-state index contributed by atoms with van der Waals surface area (Å²) in [5, 5.41) is 5.85. The van der Waals surface area contributed by atoms with Gasteiger partial charge in [-0.15, -0.1) is 0 Å². The Morgan fingerprint density at radius 3 is 2.30 bits per heavy atom. The van der Waals surface area contributed by atoms with Crippen LogP contribution in [-0.4, -0.2) is 32.3 Å². The highest BCUT2D eigenvalue weighted by molar-refractivity contribution is 5.98. The molecule has 1 amide bonds. The average Bonchev–Trinajstić information content (AvgIpc) is 2.53. The maximum Gasteiger partial charge on any atom is 0.243 e. The lowest BCUT2D eigenvalue weighted by Gasteiger charge is -2.13. The molecule has 0 bridgehead atoms. The number of nitrogens with one attached hydrogen (secondary N) is 2. The summed E-state index contributed by atoms with van der Waals surface area (Å²) in [5.41, 5.74) is 3.17. The fraction of sp³-hybridized carbons (Fsp3) is 0.222. The van der Waals surface area contributed by atoms with Crippen LogP contribution < -0.4 is 15.5 Å². The van der Waals surface area contributed by atoms with Gasteiger partial charge in [0.2, 0.25) is 5.91 Å². The minimum absolute atomic E-state index is 0.0276. The SMILES string of the molecule is CC(=O)c1cccc(NC(=O)CNc2ccc(N(C)C)cc2)c1. The zero-order valence-corrected chi connectivity index (χ0v) is 13.6. The minimum atomic E-state index is -0.164. The zero-order valence-electron chi connectivity index (χ0n) is 13.6. The van der Waals surface area contributed by atoms with Gasteiger partial charge < -0.3 is 15.5 Å². The molecule has 0 saturated carbocycles. The van der Waals surface area contributed by atoms with E-state index in [0.717, 1.165) is 11.4 Å². The predicted octanol–water partition coefficient (Wildman–Crippen LogP) is 3.01. The number of ketones is 1. The number of carbonyl (C=O) groups is 2. The highest BCUT2D eigenvalue weighted by atomic mass is 16.2. The molecule has 0 radical (unpaired) electrons. The van der Waals surface area contributed by atoms with E-state index in [2.05, 4.69) is 10.6 Å². The predicted molar refractivity (Wildman–Crippen MR) is 94.3 cm³/mol. The second-order valence-corrected chi connectivity index (χ2v) is 5.48. The molecule has 0 aliphatic carbocycles. The Bertz CT molecular complexity index is 694. The van der Waals surface area contributed by atoms with Gasteiger partial charge >= 0.3 is 0 Å². The number of amides is 1. The van der Waals surface area contributed by atoms with Crippen molar-refractivity contribution in [2.45, 2.75) is 6.92 Å². The van der Waals surface area contributed by atoms with Crippen LogP contribution in [0.3, 0.4) is 0 Å². The summed E-state index contributed by atoms with van der Waals surface area (Å²) in [7, 11) is 3.95. The van der Waals surface area contributed by atoms with Gasteiger partial charge in [-0.2, -0.15) is 0 Å². The van der Waals surface area contributed by atoms with Crippen molar-refractivity contribution < 1.29 is 9.59 Å². The highest BCUT2D eigenvalue weighted by Crippen LogP contribution is 2.15. The number of nitrogens with zero attached hydrogens (tertiary/aromatic N) is 1. The first kappa shape index (κ1) is 16.5. The quantitative estimate of drug-likeness (QED) is 0.805. The number of rotatable bonds is 6. The van der Waals surface area contributed by atoms with Gasteiger partial charge in [0.1, 0.15) is 0 Å². The Morgan fingerprint density at radius 1 is 1.00 bits per heavy atom. The molecule has 5 nitrogen and oxygen atoms in total. The van der Waals surface area contributed by atoms with Crippen molar-refractivity contribution in [3.63, 3.8) is 0 Å². The van der Waals surface area contributed by atoms with Crippen LogP contribution in [0.15, 0.2) is 48.5 Å². The van der Waals surface area contributed by atoms with Gasteiger partial charge in [-0.1, -0.05) is 12.1 Å². The molecular formula is C18H21N3O2. The normalized spacial score (nSPS) is 10.0. The number of hydrogen-bond acceptors (Lipinski definition) is 4. The topological polar surface area (TPSA) is 61.4 Å². The summed E-state index contributed by atoms with van der Waals surface area (Å²) in [6.07, 6.45) is 0. The van der Waals surface area contributed by atoms with Gasteiger partial charge in [0, 0.05) is 36.7 Å². The van der Waals surface area contributed by atoms with E-state index >= 15 is 0 Å². The van der Waals surface area contributed by atoms with E-state index in [9.17, 15) is 9.59 Å². The van der Waals surface area contributed by atoms with Crippen molar-refractivity contribution in [3.05, 3.63) is 54.1 Å². The molecular weight excluding hydrogens is 290 g/mol. The summed E-state index contributed by atoms with van der Waals surface area (Å²) in [6.45, 7) is 1.66. The van der Waals surface area contributed by atoms with Crippen molar-refractivity contribution in [1.29, 1.82) is 0 Å². The molecule has 0 unspecified atom stereocenters. The van der Waals surface area contributed by atoms with Crippen molar-refractivity contribution in [2.75, 3.05) is 36.2 Å². The molecule has 23 heavy (non-hydrogen) atoms. The fourth-order valence-electron chi connectivity index (χ4n) is 2.08. The van der Waals surface area contributed by atoms with E-state index in [0.29, 0.717) is 11.3 Å². The fourth-order valence-corrected chi connectivity index (χ4v) is 2.08. The maximum absolute atomic E-state index is 12.0. The number of hydrogen-bond donors (Lipinski definition) is 2. The third-order valence-electron chi connectivity index (χ3n) is 3.39. The van der Waals surface area contributed by atoms with E-state index in [1.807, 2.05) is 43.3 Å². The Kier molecular flexibility index (Phi) is 5.36. The molecule has 0 heterocycles. The maximum atomic E-state index is 12.0. The van der Waals surface area contributed by atoms with Gasteiger partial charge in [0.15, 0.2) is 5.78 Å². The Morgan fingerprint density at radius 2 is 1.70 bits per heavy atom. The van der Waals surface area contributed by atoms with E-state index in [1.165, 1.54) is 6.92 Å². The van der Waals surface area contributed by atoms with E-state index in [-0.39, 0.29) is 18.2 Å². The molecule has 5 heteroatoms. The summed E-state index contributed by atoms with van der Waals surface area (Å²) < 4.78 is 0. The van der Waals surface area contributed by atoms with E-state index in [1.54, 1.807) is 24.3 Å². The first-order chi connectivity index (χ1) is 11.0. The van der Waals surface area contributed by atoms with Gasteiger partial charge in [0.25, 0.3) is 0 Å². The standard InChI is InChI=1S/C18H21N3O2/c1-13(22)14-5-4-6-16(11-14)20-18(23)12-19-15-7-9-17(10-8-15)21(2)3/h4-11,19H,12H2,1-3H3,(H,20,23). The number of carbonyl (C=O) groups excluding carboxylic acids is 2. The minimum Gasteiger partial charge on any atom is -0.378 e. The van der Waals surface area contributed by atoms with Crippen LogP contribution in [0, 0.1) is 0 Å². The average molecular weight is 311 g/mol. The number of anilines is 3. The van der Waals surface area contributed by atoms with Crippen LogP contribution >= 0.6 is 0 Å². The Labute approximate surface area is 136 Å². The number of benzene rings is 2. The van der Waals surface area contributed by atoms with Crippen LogP contribution in [0.1, 0.15) is 17.3 Å². The van der Waals surface area contributed by atoms with Gasteiger partial charge in [-0.25, -0.2) is 0 Å². The molecule has 0 aromatic heterocycles. The third kappa shape index (κ3) is 4.85. The second-order valence-electron chi connectivity index (χ2n) is 5.48. The number of Topliss-reactive ketones (excluding diaryl/α,β-unsaturated/α-hetero) is 1. The monoisotopic (exact) mass is 311 g/mol. The lowest BCUT2D eigenvalue weighted by molar-refractivity contribution is -0.114. The van der Waals surface area contributed by atoms with Crippen LogP contribution in [0.25, 0.3) is 0 Å². The molecule has 2 aromatic rings. The summed E-state index contributed by atoms with van der Waals surface area (Å²) in [6, 6.07) is 14.7. The molecule has 120 valence electrons. The third-order valence-corrected chi connectivity index (χ3v) is 3.39. The van der Waals surface area contributed by atoms with Gasteiger partial charge in [-0.05, 0) is 43.3 Å². The van der Waals surface area contributed by atoms with Gasteiger partial charge in [0.05, 0.1) is 6.54 Å². The van der Waals surface area contributed by atoms with Crippen molar-refractivity contribution in [2.24, 2.45) is 0 Å².